The number of nitrogens with two attached hydrogens (primary N) is 2. The van der Waals surface area contributed by atoms with Crippen molar-refractivity contribution in [2.24, 2.45) is 5.73 Å². The molecule has 0 saturated carbocycles. The number of quaternary nitrogens is 1. The molecule has 1 aliphatic carbocycles. The first kappa shape index (κ1) is 17.2. The number of amides is 2. The van der Waals surface area contributed by atoms with Crippen molar-refractivity contribution in [1.82, 2.24) is 0 Å². The number of primary amides is 1. The Bertz CT molecular complexity index is 771. The van der Waals surface area contributed by atoms with Crippen molar-refractivity contribution in [3.63, 3.8) is 0 Å². The fraction of sp³-hybridized carbons (Fsp3) is 0.300. The van der Waals surface area contributed by atoms with Gasteiger partial charge in [0.15, 0.2) is 6.04 Å². The van der Waals surface area contributed by atoms with Crippen molar-refractivity contribution >= 4 is 17.5 Å². The number of nitrogens with one attached hydrogen (secondary N) is 1. The molecule has 2 aromatic carbocycles. The second-order valence-electron chi connectivity index (χ2n) is 6.61. The minimum absolute atomic E-state index is 0.0464. The van der Waals surface area contributed by atoms with E-state index >= 15 is 0 Å². The molecule has 2 atom stereocenters. The SMILES string of the molecule is C[C@@H]([NH2+][C@H]1CCCc2ccccc21)C(=O)Nc1ccc(C(N)=O)cc1. The molecule has 0 bridgehead atoms. The second kappa shape index (κ2) is 7.49. The largest absolute Gasteiger partial charge is 0.366 e. The molecule has 0 aromatic heterocycles. The van der Waals surface area contributed by atoms with E-state index in [-0.39, 0.29) is 11.9 Å². The predicted molar refractivity (Wildman–Crippen MR) is 97.1 cm³/mol. The van der Waals surface area contributed by atoms with Gasteiger partial charge in [-0.05, 0) is 49.6 Å². The van der Waals surface area contributed by atoms with Gasteiger partial charge in [-0.1, -0.05) is 24.3 Å². The first-order valence-corrected chi connectivity index (χ1v) is 8.68. The van der Waals surface area contributed by atoms with Gasteiger partial charge in [0.25, 0.3) is 5.91 Å². The van der Waals surface area contributed by atoms with Crippen LogP contribution in [0.2, 0.25) is 0 Å². The van der Waals surface area contributed by atoms with Crippen molar-refractivity contribution in [2.45, 2.75) is 38.3 Å². The van der Waals surface area contributed by atoms with Gasteiger partial charge in [0.1, 0.15) is 6.04 Å². The third kappa shape index (κ3) is 4.06. The summed E-state index contributed by atoms with van der Waals surface area (Å²) in [5, 5.41) is 5.04. The average molecular weight is 338 g/mol. The number of carbonyl (C=O) groups is 2. The number of anilines is 1. The zero-order valence-corrected chi connectivity index (χ0v) is 14.4. The number of rotatable bonds is 5. The van der Waals surface area contributed by atoms with Gasteiger partial charge in [-0.25, -0.2) is 0 Å². The van der Waals surface area contributed by atoms with Crippen molar-refractivity contribution in [3.8, 4) is 0 Å². The molecule has 0 heterocycles. The Hall–Kier alpha value is -2.66. The summed E-state index contributed by atoms with van der Waals surface area (Å²) in [7, 11) is 0. The van der Waals surface area contributed by atoms with E-state index < -0.39 is 5.91 Å². The van der Waals surface area contributed by atoms with Crippen LogP contribution in [0.4, 0.5) is 5.69 Å². The molecule has 3 rings (SSSR count). The lowest BCUT2D eigenvalue weighted by atomic mass is 9.87. The molecule has 0 spiro atoms. The number of fused-ring (bicyclic) bond motifs is 1. The Balaban J connectivity index is 1.62. The van der Waals surface area contributed by atoms with Gasteiger partial charge in [0.2, 0.25) is 5.91 Å². The maximum atomic E-state index is 12.5. The van der Waals surface area contributed by atoms with Crippen LogP contribution in [0.5, 0.6) is 0 Å². The number of aryl methyl sites for hydroxylation is 1. The van der Waals surface area contributed by atoms with E-state index in [1.54, 1.807) is 24.3 Å². The first-order valence-electron chi connectivity index (χ1n) is 8.68. The molecule has 2 amide bonds. The molecule has 0 fully saturated rings. The minimum Gasteiger partial charge on any atom is -0.366 e. The number of hydrogen-bond donors (Lipinski definition) is 3. The van der Waals surface area contributed by atoms with Crippen molar-refractivity contribution in [3.05, 3.63) is 65.2 Å². The van der Waals surface area contributed by atoms with E-state index in [0.29, 0.717) is 17.3 Å². The van der Waals surface area contributed by atoms with E-state index in [2.05, 4.69) is 34.9 Å². The molecule has 1 aliphatic rings. The maximum absolute atomic E-state index is 12.5. The molecular formula is C20H24N3O2+. The minimum atomic E-state index is -0.476. The van der Waals surface area contributed by atoms with Crippen molar-refractivity contribution < 1.29 is 14.9 Å². The first-order chi connectivity index (χ1) is 12.0. The van der Waals surface area contributed by atoms with E-state index in [1.807, 2.05) is 6.92 Å². The highest BCUT2D eigenvalue weighted by atomic mass is 16.2. The molecule has 25 heavy (non-hydrogen) atoms. The number of carbonyl (C=O) groups excluding carboxylic acids is 2. The van der Waals surface area contributed by atoms with Gasteiger partial charge in [-0.3, -0.25) is 9.59 Å². The second-order valence-corrected chi connectivity index (χ2v) is 6.61. The summed E-state index contributed by atoms with van der Waals surface area (Å²) < 4.78 is 0. The quantitative estimate of drug-likeness (QED) is 0.775. The van der Waals surface area contributed by atoms with Crippen LogP contribution in [-0.4, -0.2) is 17.9 Å². The van der Waals surface area contributed by atoms with Crippen molar-refractivity contribution in [2.75, 3.05) is 5.32 Å². The van der Waals surface area contributed by atoms with Crippen LogP contribution in [0.15, 0.2) is 48.5 Å². The highest BCUT2D eigenvalue weighted by Crippen LogP contribution is 2.26. The summed E-state index contributed by atoms with van der Waals surface area (Å²) in [6, 6.07) is 15.2. The summed E-state index contributed by atoms with van der Waals surface area (Å²) in [5.41, 5.74) is 9.06. The molecular weight excluding hydrogens is 314 g/mol. The van der Waals surface area contributed by atoms with Gasteiger partial charge in [0.05, 0.1) is 0 Å². The van der Waals surface area contributed by atoms with Crippen molar-refractivity contribution in [1.29, 1.82) is 0 Å². The molecule has 0 unspecified atom stereocenters. The molecule has 5 N–H and O–H groups in total. The Morgan fingerprint density at radius 3 is 2.60 bits per heavy atom. The van der Waals surface area contributed by atoms with Crippen LogP contribution in [0.25, 0.3) is 0 Å². The van der Waals surface area contributed by atoms with Crippen LogP contribution in [0.3, 0.4) is 0 Å². The number of benzene rings is 2. The number of hydrogen-bond acceptors (Lipinski definition) is 2. The Labute approximate surface area is 147 Å². The lowest BCUT2D eigenvalue weighted by Crippen LogP contribution is -2.92. The van der Waals surface area contributed by atoms with Gasteiger partial charge in [-0.15, -0.1) is 0 Å². The lowest BCUT2D eigenvalue weighted by molar-refractivity contribution is -0.714. The fourth-order valence-electron chi connectivity index (χ4n) is 3.40. The van der Waals surface area contributed by atoms with E-state index in [0.717, 1.165) is 19.3 Å². The van der Waals surface area contributed by atoms with Gasteiger partial charge in [0, 0.05) is 23.2 Å². The van der Waals surface area contributed by atoms with E-state index in [9.17, 15) is 9.59 Å². The Kier molecular flexibility index (Phi) is 5.14. The highest BCUT2D eigenvalue weighted by molar-refractivity contribution is 5.95. The summed E-state index contributed by atoms with van der Waals surface area (Å²) >= 11 is 0. The van der Waals surface area contributed by atoms with Crippen LogP contribution >= 0.6 is 0 Å². The smallest absolute Gasteiger partial charge is 0.282 e. The fourth-order valence-corrected chi connectivity index (χ4v) is 3.40. The standard InChI is InChI=1S/C20H23N3O2/c1-13(20(25)23-16-11-9-15(10-12-16)19(21)24)22-18-8-4-6-14-5-2-3-7-17(14)18/h2-3,5,7,9-13,18,22H,4,6,8H2,1H3,(H2,21,24)(H,23,25)/p+1/t13-,18+/m1/s1. The molecule has 5 heteroatoms. The maximum Gasteiger partial charge on any atom is 0.282 e. The van der Waals surface area contributed by atoms with Gasteiger partial charge in [-0.2, -0.15) is 0 Å². The topological polar surface area (TPSA) is 88.8 Å². The monoisotopic (exact) mass is 338 g/mol. The molecule has 0 aliphatic heterocycles. The molecule has 0 saturated heterocycles. The lowest BCUT2D eigenvalue weighted by Gasteiger charge is -2.26. The average Bonchev–Trinajstić information content (AvgIpc) is 2.62. The normalized spacial score (nSPS) is 17.4. The Morgan fingerprint density at radius 1 is 1.16 bits per heavy atom. The molecule has 130 valence electrons. The predicted octanol–water partition coefficient (Wildman–Crippen LogP) is 1.75. The summed E-state index contributed by atoms with van der Waals surface area (Å²) in [6.07, 6.45) is 3.36. The summed E-state index contributed by atoms with van der Waals surface area (Å²) in [5.74, 6) is -0.523. The molecule has 5 nitrogen and oxygen atoms in total. The van der Waals surface area contributed by atoms with Crippen LogP contribution in [-0.2, 0) is 11.2 Å². The zero-order chi connectivity index (χ0) is 17.8. The third-order valence-electron chi connectivity index (χ3n) is 4.79. The van der Waals surface area contributed by atoms with E-state index in [1.165, 1.54) is 11.1 Å². The van der Waals surface area contributed by atoms with Gasteiger partial charge >= 0.3 is 0 Å². The summed E-state index contributed by atoms with van der Waals surface area (Å²) in [4.78, 5) is 23.6. The van der Waals surface area contributed by atoms with E-state index in [4.69, 9.17) is 5.73 Å². The Morgan fingerprint density at radius 2 is 1.88 bits per heavy atom. The zero-order valence-electron chi connectivity index (χ0n) is 14.4. The van der Waals surface area contributed by atoms with Gasteiger partial charge < -0.3 is 16.4 Å². The molecule has 0 radical (unpaired) electrons. The van der Waals surface area contributed by atoms with Crippen LogP contribution in [0, 0.1) is 0 Å². The van der Waals surface area contributed by atoms with Crippen LogP contribution in [0.1, 0.15) is 47.3 Å². The summed E-state index contributed by atoms with van der Waals surface area (Å²) in [6.45, 7) is 1.92. The van der Waals surface area contributed by atoms with Crippen LogP contribution < -0.4 is 16.4 Å². The third-order valence-corrected chi connectivity index (χ3v) is 4.79. The molecule has 2 aromatic rings. The highest BCUT2D eigenvalue weighted by Gasteiger charge is 2.27.